The maximum absolute atomic E-state index is 13.2. The first-order valence-corrected chi connectivity index (χ1v) is 11.2. The van der Waals surface area contributed by atoms with Gasteiger partial charge in [0.05, 0.1) is 13.0 Å². The quantitative estimate of drug-likeness (QED) is 0.332. The minimum absolute atomic E-state index is 0.0815. The van der Waals surface area contributed by atoms with Crippen molar-refractivity contribution in [2.75, 3.05) is 10.2 Å². The van der Waals surface area contributed by atoms with Gasteiger partial charge in [0.2, 0.25) is 5.91 Å². The molecule has 4 rings (SSSR count). The Kier molecular flexibility index (Phi) is 7.65. The minimum atomic E-state index is -0.109. The zero-order valence-electron chi connectivity index (χ0n) is 18.8. The van der Waals surface area contributed by atoms with Gasteiger partial charge in [-0.3, -0.25) is 9.59 Å². The van der Waals surface area contributed by atoms with Crippen LogP contribution in [0.4, 0.5) is 11.4 Å². The molecule has 168 valence electrons. The minimum Gasteiger partial charge on any atom is -0.326 e. The third-order valence-corrected chi connectivity index (χ3v) is 5.34. The first-order chi connectivity index (χ1) is 16.7. The highest BCUT2D eigenvalue weighted by molar-refractivity contribution is 6.03. The van der Waals surface area contributed by atoms with Crippen LogP contribution in [0.2, 0.25) is 0 Å². The number of hydrogen-bond donors (Lipinski definition) is 1. The molecule has 4 aromatic carbocycles. The Labute approximate surface area is 200 Å². The third-order valence-electron chi connectivity index (χ3n) is 5.34. The summed E-state index contributed by atoms with van der Waals surface area (Å²) >= 11 is 0. The van der Waals surface area contributed by atoms with E-state index in [2.05, 4.69) is 5.32 Å². The molecule has 0 fully saturated rings. The van der Waals surface area contributed by atoms with Gasteiger partial charge in [-0.2, -0.15) is 0 Å². The Bertz CT molecular complexity index is 1240. The SMILES string of the molecule is O=C(Cc1ccc(N(Cc2ccccc2)C(=O)/C=C/c2ccccc2)cc1)Nc1ccccc1. The van der Waals surface area contributed by atoms with Crippen molar-refractivity contribution in [3.05, 3.63) is 138 Å². The first kappa shape index (κ1) is 22.7. The number of para-hydroxylation sites is 1. The first-order valence-electron chi connectivity index (χ1n) is 11.2. The van der Waals surface area contributed by atoms with E-state index in [1.54, 1.807) is 11.0 Å². The van der Waals surface area contributed by atoms with E-state index in [0.717, 1.165) is 28.1 Å². The number of rotatable bonds is 8. The number of hydrogen-bond acceptors (Lipinski definition) is 2. The lowest BCUT2D eigenvalue weighted by Crippen LogP contribution is -2.28. The monoisotopic (exact) mass is 446 g/mol. The molecule has 0 aromatic heterocycles. The molecule has 0 aliphatic carbocycles. The van der Waals surface area contributed by atoms with Gasteiger partial charge in [-0.15, -0.1) is 0 Å². The normalized spacial score (nSPS) is 10.7. The summed E-state index contributed by atoms with van der Waals surface area (Å²) in [6.07, 6.45) is 3.68. The molecule has 0 aliphatic heterocycles. The Hall–Kier alpha value is -4.44. The van der Waals surface area contributed by atoms with E-state index in [1.807, 2.05) is 121 Å². The summed E-state index contributed by atoms with van der Waals surface area (Å²) in [4.78, 5) is 27.3. The van der Waals surface area contributed by atoms with Gasteiger partial charge in [-0.25, -0.2) is 0 Å². The number of carbonyl (C=O) groups excluding carboxylic acids is 2. The smallest absolute Gasteiger partial charge is 0.251 e. The summed E-state index contributed by atoms with van der Waals surface area (Å²) in [5.41, 5.74) is 4.43. The predicted molar refractivity (Wildman–Crippen MR) is 138 cm³/mol. The predicted octanol–water partition coefficient (Wildman–Crippen LogP) is 6.11. The van der Waals surface area contributed by atoms with Crippen molar-refractivity contribution in [2.24, 2.45) is 0 Å². The molecule has 34 heavy (non-hydrogen) atoms. The lowest BCUT2D eigenvalue weighted by molar-refractivity contribution is -0.116. The molecule has 4 aromatic rings. The highest BCUT2D eigenvalue weighted by Gasteiger charge is 2.14. The van der Waals surface area contributed by atoms with Crippen molar-refractivity contribution < 1.29 is 9.59 Å². The molecule has 0 saturated carbocycles. The van der Waals surface area contributed by atoms with Crippen LogP contribution < -0.4 is 10.2 Å². The van der Waals surface area contributed by atoms with Crippen molar-refractivity contribution in [2.45, 2.75) is 13.0 Å². The van der Waals surface area contributed by atoms with Gasteiger partial charge in [-0.05, 0) is 47.0 Å². The van der Waals surface area contributed by atoms with Crippen LogP contribution in [-0.2, 0) is 22.6 Å². The second kappa shape index (κ2) is 11.4. The molecule has 0 atom stereocenters. The van der Waals surface area contributed by atoms with Crippen LogP contribution in [-0.4, -0.2) is 11.8 Å². The lowest BCUT2D eigenvalue weighted by Gasteiger charge is -2.22. The lowest BCUT2D eigenvalue weighted by atomic mass is 10.1. The maximum atomic E-state index is 13.2. The second-order valence-electron chi connectivity index (χ2n) is 7.91. The molecular formula is C30H26N2O2. The number of amides is 2. The van der Waals surface area contributed by atoms with E-state index in [9.17, 15) is 9.59 Å². The Balaban J connectivity index is 1.49. The molecule has 2 amide bonds. The highest BCUT2D eigenvalue weighted by atomic mass is 16.2. The molecule has 0 unspecified atom stereocenters. The zero-order chi connectivity index (χ0) is 23.6. The topological polar surface area (TPSA) is 49.4 Å². The highest BCUT2D eigenvalue weighted by Crippen LogP contribution is 2.20. The number of benzene rings is 4. The van der Waals surface area contributed by atoms with Crippen molar-refractivity contribution in [1.29, 1.82) is 0 Å². The average Bonchev–Trinajstić information content (AvgIpc) is 2.88. The number of nitrogens with zero attached hydrogens (tertiary/aromatic N) is 1. The standard InChI is InChI=1S/C30H26N2O2/c33-29(31-27-14-8-3-9-15-27)22-25-16-19-28(20-17-25)32(23-26-12-6-2-7-13-26)30(34)21-18-24-10-4-1-5-11-24/h1-21H,22-23H2,(H,31,33)/b21-18+. The average molecular weight is 447 g/mol. The molecule has 1 N–H and O–H groups in total. The summed E-state index contributed by atoms with van der Waals surface area (Å²) in [5, 5.41) is 2.90. The van der Waals surface area contributed by atoms with E-state index in [1.165, 1.54) is 0 Å². The Morgan fingerprint density at radius 1 is 0.676 bits per heavy atom. The molecule has 0 heterocycles. The van der Waals surface area contributed by atoms with Crippen LogP contribution in [0.5, 0.6) is 0 Å². The maximum Gasteiger partial charge on any atom is 0.251 e. The molecule has 0 radical (unpaired) electrons. The molecule has 0 aliphatic rings. The van der Waals surface area contributed by atoms with Crippen LogP contribution in [0.3, 0.4) is 0 Å². The van der Waals surface area contributed by atoms with E-state index < -0.39 is 0 Å². The van der Waals surface area contributed by atoms with E-state index in [4.69, 9.17) is 0 Å². The van der Waals surface area contributed by atoms with Crippen molar-refractivity contribution >= 4 is 29.3 Å². The summed E-state index contributed by atoms with van der Waals surface area (Å²) in [5.74, 6) is -0.191. The van der Waals surface area contributed by atoms with Gasteiger partial charge in [0.25, 0.3) is 5.91 Å². The van der Waals surface area contributed by atoms with E-state index in [-0.39, 0.29) is 18.2 Å². The summed E-state index contributed by atoms with van der Waals surface area (Å²) < 4.78 is 0. The van der Waals surface area contributed by atoms with Gasteiger partial charge >= 0.3 is 0 Å². The van der Waals surface area contributed by atoms with Gasteiger partial charge in [-0.1, -0.05) is 91.0 Å². The van der Waals surface area contributed by atoms with Crippen molar-refractivity contribution in [3.63, 3.8) is 0 Å². The van der Waals surface area contributed by atoms with E-state index >= 15 is 0 Å². The van der Waals surface area contributed by atoms with Crippen molar-refractivity contribution in [3.8, 4) is 0 Å². The number of nitrogens with one attached hydrogen (secondary N) is 1. The largest absolute Gasteiger partial charge is 0.326 e. The van der Waals surface area contributed by atoms with Gasteiger partial charge in [0.1, 0.15) is 0 Å². The summed E-state index contributed by atoms with van der Waals surface area (Å²) in [6.45, 7) is 0.451. The second-order valence-corrected chi connectivity index (χ2v) is 7.91. The van der Waals surface area contributed by atoms with Crippen LogP contribution in [0, 0.1) is 0 Å². The molecule has 0 saturated heterocycles. The summed E-state index contributed by atoms with van der Waals surface area (Å²) in [7, 11) is 0. The van der Waals surface area contributed by atoms with E-state index in [0.29, 0.717) is 6.54 Å². The molecule has 0 bridgehead atoms. The molecular weight excluding hydrogens is 420 g/mol. The fraction of sp³-hybridized carbons (Fsp3) is 0.0667. The molecule has 4 nitrogen and oxygen atoms in total. The van der Waals surface area contributed by atoms with Crippen LogP contribution >= 0.6 is 0 Å². The van der Waals surface area contributed by atoms with Crippen LogP contribution in [0.25, 0.3) is 6.08 Å². The zero-order valence-corrected chi connectivity index (χ0v) is 18.8. The number of carbonyl (C=O) groups is 2. The Morgan fingerprint density at radius 3 is 1.91 bits per heavy atom. The summed E-state index contributed by atoms with van der Waals surface area (Å²) in [6, 6.07) is 36.6. The molecule has 0 spiro atoms. The van der Waals surface area contributed by atoms with Crippen LogP contribution in [0.1, 0.15) is 16.7 Å². The van der Waals surface area contributed by atoms with Gasteiger partial charge in [0.15, 0.2) is 0 Å². The fourth-order valence-electron chi connectivity index (χ4n) is 3.59. The molecule has 4 heteroatoms. The third kappa shape index (κ3) is 6.53. The number of anilines is 2. The van der Waals surface area contributed by atoms with Gasteiger partial charge < -0.3 is 10.2 Å². The van der Waals surface area contributed by atoms with Crippen molar-refractivity contribution in [1.82, 2.24) is 0 Å². The fourth-order valence-corrected chi connectivity index (χ4v) is 3.59. The Morgan fingerprint density at radius 2 is 1.26 bits per heavy atom. The van der Waals surface area contributed by atoms with Gasteiger partial charge in [0, 0.05) is 17.5 Å². The van der Waals surface area contributed by atoms with Crippen LogP contribution in [0.15, 0.2) is 121 Å².